The summed E-state index contributed by atoms with van der Waals surface area (Å²) < 4.78 is 10.8. The fourth-order valence-corrected chi connectivity index (χ4v) is 8.31. The highest BCUT2D eigenvalue weighted by Gasteiger charge is 2.17. The van der Waals surface area contributed by atoms with E-state index in [1.54, 1.807) is 0 Å². The molecule has 0 spiro atoms. The van der Waals surface area contributed by atoms with E-state index >= 15 is 0 Å². The molecule has 0 radical (unpaired) electrons. The minimum atomic E-state index is -0.558. The Balaban J connectivity index is 4.00. The Morgan fingerprint density at radius 3 is 1.21 bits per heavy atom. The molecule has 278 valence electrons. The highest BCUT2D eigenvalue weighted by atomic mass is 31.1. The topological polar surface area (TPSA) is 72.9 Å². The maximum atomic E-state index is 13.1. The lowest BCUT2D eigenvalue weighted by atomic mass is 10.1. The van der Waals surface area contributed by atoms with Crippen molar-refractivity contribution in [2.45, 2.75) is 194 Å². The summed E-state index contributed by atoms with van der Waals surface area (Å²) >= 11 is 0. The molecule has 0 heterocycles. The average molecular weight is 684 g/mol. The van der Waals surface area contributed by atoms with Crippen LogP contribution in [0.4, 0.5) is 0 Å². The van der Waals surface area contributed by atoms with Crippen molar-refractivity contribution >= 4 is 25.4 Å². The van der Waals surface area contributed by atoms with Crippen LogP contribution in [-0.2, 0) is 23.9 Å². The third-order valence-corrected chi connectivity index (χ3v) is 11.6. The third kappa shape index (κ3) is 34.7. The van der Waals surface area contributed by atoms with Gasteiger partial charge in [-0.15, -0.1) is 0 Å². The maximum Gasteiger partial charge on any atom is 0.305 e. The van der Waals surface area contributed by atoms with Crippen LogP contribution in [0, 0.1) is 0 Å². The van der Waals surface area contributed by atoms with Gasteiger partial charge >= 0.3 is 11.9 Å². The summed E-state index contributed by atoms with van der Waals surface area (Å²) in [7, 11) is 3.58. The second kappa shape index (κ2) is 36.3. The highest BCUT2D eigenvalue weighted by molar-refractivity contribution is 7.74. The van der Waals surface area contributed by atoms with Crippen molar-refractivity contribution in [3.8, 4) is 0 Å². The van der Waals surface area contributed by atoms with E-state index in [0.717, 1.165) is 115 Å². The number of hydrogen-bond donors (Lipinski definition) is 0. The Morgan fingerprint density at radius 2 is 0.809 bits per heavy atom. The van der Waals surface area contributed by atoms with Gasteiger partial charge in [-0.05, 0) is 85.8 Å². The summed E-state index contributed by atoms with van der Waals surface area (Å²) in [4.78, 5) is 39.3. The van der Waals surface area contributed by atoms with Crippen LogP contribution in [0.1, 0.15) is 194 Å². The van der Waals surface area contributed by atoms with Gasteiger partial charge in [-0.25, -0.2) is 0 Å². The number of nitrogens with zero attached hydrogens (tertiary/aromatic N) is 1. The summed E-state index contributed by atoms with van der Waals surface area (Å²) in [5.41, 5.74) is 0.509. The summed E-state index contributed by atoms with van der Waals surface area (Å²) in [6.45, 7) is 6.60. The number of hydrogen-bond acceptors (Lipinski definition) is 6. The van der Waals surface area contributed by atoms with E-state index in [1.165, 1.54) is 64.2 Å². The standard InChI is InChI=1S/C40H78NO5P/c1-5-7-9-11-13-19-25-34-45-38(42)30-23-17-15-21-27-36-47(40(44)32-29-33-41(3)4)37-28-22-16-18-24-31-39(43)46-35-26-20-14-12-10-8-6-2/h5-37H2,1-4H3. The molecule has 0 fully saturated rings. The predicted octanol–water partition coefficient (Wildman–Crippen LogP) is 11.6. The fourth-order valence-electron chi connectivity index (χ4n) is 5.91. The minimum Gasteiger partial charge on any atom is -0.466 e. The van der Waals surface area contributed by atoms with Gasteiger partial charge in [0.2, 0.25) is 0 Å². The molecule has 0 aromatic rings. The number of unbranched alkanes of at least 4 members (excludes halogenated alkanes) is 20. The van der Waals surface area contributed by atoms with Gasteiger partial charge in [0, 0.05) is 19.3 Å². The lowest BCUT2D eigenvalue weighted by Gasteiger charge is -2.17. The zero-order chi connectivity index (χ0) is 34.6. The van der Waals surface area contributed by atoms with Gasteiger partial charge in [0.05, 0.1) is 13.2 Å². The zero-order valence-corrected chi connectivity index (χ0v) is 32.7. The number of carbonyl (C=O) groups is 3. The van der Waals surface area contributed by atoms with E-state index in [2.05, 4.69) is 32.8 Å². The van der Waals surface area contributed by atoms with Gasteiger partial charge in [0.1, 0.15) is 0 Å². The smallest absolute Gasteiger partial charge is 0.305 e. The van der Waals surface area contributed by atoms with Crippen molar-refractivity contribution in [3.05, 3.63) is 0 Å². The van der Waals surface area contributed by atoms with Gasteiger partial charge in [-0.1, -0.05) is 129 Å². The molecule has 0 amide bonds. The summed E-state index contributed by atoms with van der Waals surface area (Å²) in [6.07, 6.45) is 32.8. The van der Waals surface area contributed by atoms with Crippen LogP contribution < -0.4 is 0 Å². The molecule has 6 nitrogen and oxygen atoms in total. The number of ether oxygens (including phenoxy) is 2. The SMILES string of the molecule is CCCCCCCCCOC(=O)CCCCCCCP(CCCCCCCC(=O)OCCCCCCCCC)C(=O)CCCN(C)C. The monoisotopic (exact) mass is 684 g/mol. The molecular formula is C40H78NO5P. The number of carbonyl (C=O) groups excluding carboxylic acids is 3. The third-order valence-electron chi connectivity index (χ3n) is 8.99. The van der Waals surface area contributed by atoms with E-state index in [0.29, 0.717) is 38.0 Å². The molecule has 0 atom stereocenters. The van der Waals surface area contributed by atoms with E-state index in [1.807, 2.05) is 0 Å². The first-order valence-corrected chi connectivity index (χ1v) is 21.9. The van der Waals surface area contributed by atoms with Crippen LogP contribution in [0.5, 0.6) is 0 Å². The molecule has 47 heavy (non-hydrogen) atoms. The Bertz CT molecular complexity index is 671. The molecule has 0 bridgehead atoms. The maximum absolute atomic E-state index is 13.1. The van der Waals surface area contributed by atoms with Crippen molar-refractivity contribution in [1.82, 2.24) is 4.90 Å². The Hall–Kier alpha value is -1.00. The van der Waals surface area contributed by atoms with Crippen molar-refractivity contribution in [3.63, 3.8) is 0 Å². The van der Waals surface area contributed by atoms with Gasteiger partial charge < -0.3 is 14.4 Å². The van der Waals surface area contributed by atoms with Gasteiger partial charge in [0.15, 0.2) is 5.52 Å². The molecule has 0 rings (SSSR count). The van der Waals surface area contributed by atoms with Gasteiger partial charge in [0.25, 0.3) is 0 Å². The molecule has 0 saturated carbocycles. The Labute approximate surface area is 293 Å². The first-order valence-electron chi connectivity index (χ1n) is 20.1. The fraction of sp³-hybridized carbons (Fsp3) is 0.925. The molecule has 0 saturated heterocycles. The first kappa shape index (κ1) is 46.0. The lowest BCUT2D eigenvalue weighted by Crippen LogP contribution is -2.14. The number of rotatable bonds is 37. The molecule has 0 aliphatic carbocycles. The molecule has 0 aromatic carbocycles. The van der Waals surface area contributed by atoms with E-state index < -0.39 is 7.92 Å². The summed E-state index contributed by atoms with van der Waals surface area (Å²) in [6, 6.07) is 0. The molecule has 0 unspecified atom stereocenters. The normalized spacial score (nSPS) is 11.4. The van der Waals surface area contributed by atoms with Crippen LogP contribution in [0.3, 0.4) is 0 Å². The summed E-state index contributed by atoms with van der Waals surface area (Å²) in [5.74, 6) is -0.0804. The average Bonchev–Trinajstić information content (AvgIpc) is 3.05. The van der Waals surface area contributed by atoms with Crippen molar-refractivity contribution in [2.75, 3.05) is 46.2 Å². The largest absolute Gasteiger partial charge is 0.466 e. The van der Waals surface area contributed by atoms with Crippen LogP contribution in [0.25, 0.3) is 0 Å². The molecule has 0 aliphatic heterocycles. The first-order chi connectivity index (χ1) is 22.9. The van der Waals surface area contributed by atoms with Gasteiger partial charge in [-0.2, -0.15) is 0 Å². The Kier molecular flexibility index (Phi) is 35.5. The molecular weight excluding hydrogens is 605 g/mol. The van der Waals surface area contributed by atoms with E-state index in [-0.39, 0.29) is 11.9 Å². The second-order valence-corrected chi connectivity index (χ2v) is 16.5. The minimum absolute atomic E-state index is 0.0402. The van der Waals surface area contributed by atoms with Gasteiger partial charge in [-0.3, -0.25) is 14.4 Å². The molecule has 0 aromatic heterocycles. The summed E-state index contributed by atoms with van der Waals surface area (Å²) in [5, 5.41) is 0. The molecule has 0 aliphatic rings. The van der Waals surface area contributed by atoms with Crippen molar-refractivity contribution in [1.29, 1.82) is 0 Å². The Morgan fingerprint density at radius 1 is 0.447 bits per heavy atom. The molecule has 0 N–H and O–H groups in total. The van der Waals surface area contributed by atoms with E-state index in [9.17, 15) is 14.4 Å². The quantitative estimate of drug-likeness (QED) is 0.0369. The van der Waals surface area contributed by atoms with Crippen molar-refractivity contribution in [2.24, 2.45) is 0 Å². The van der Waals surface area contributed by atoms with Crippen LogP contribution in [0.2, 0.25) is 0 Å². The van der Waals surface area contributed by atoms with Crippen LogP contribution >= 0.6 is 7.92 Å². The van der Waals surface area contributed by atoms with Crippen LogP contribution in [0.15, 0.2) is 0 Å². The van der Waals surface area contributed by atoms with Crippen LogP contribution in [-0.4, -0.2) is 68.5 Å². The number of esters is 2. The van der Waals surface area contributed by atoms with E-state index in [4.69, 9.17) is 9.47 Å². The lowest BCUT2D eigenvalue weighted by molar-refractivity contribution is -0.144. The van der Waals surface area contributed by atoms with Crippen molar-refractivity contribution < 1.29 is 23.9 Å². The predicted molar refractivity (Wildman–Crippen MR) is 203 cm³/mol. The highest BCUT2D eigenvalue weighted by Crippen LogP contribution is 2.40. The molecule has 7 heteroatoms. The second-order valence-electron chi connectivity index (χ2n) is 14.0. The zero-order valence-electron chi connectivity index (χ0n) is 31.8.